The quantitative estimate of drug-likeness (QED) is 0.724. The number of rotatable bonds is 4. The van der Waals surface area contributed by atoms with Crippen LogP contribution in [0.25, 0.3) is 11.6 Å². The highest BCUT2D eigenvalue weighted by Gasteiger charge is 2.34. The number of amides is 1. The van der Waals surface area contributed by atoms with Crippen LogP contribution in [0.4, 0.5) is 17.6 Å². The summed E-state index contributed by atoms with van der Waals surface area (Å²) in [6, 6.07) is 9.64. The number of hydrogen-bond donors (Lipinski definition) is 1. The maximum atomic E-state index is 11.3. The molecule has 1 amide bonds. The molecule has 4 rings (SSSR count). The average Bonchev–Trinajstić information content (AvgIpc) is 3.09. The number of nitrogens with two attached hydrogens (primary N) is 1. The van der Waals surface area contributed by atoms with Crippen LogP contribution in [-0.2, 0) is 4.79 Å². The number of nitrogens with zero attached hydrogens (tertiary/aromatic N) is 7. The lowest BCUT2D eigenvalue weighted by Crippen LogP contribution is -2.47. The van der Waals surface area contributed by atoms with Crippen LogP contribution in [0.15, 0.2) is 34.9 Å². The van der Waals surface area contributed by atoms with E-state index in [0.717, 1.165) is 5.69 Å². The van der Waals surface area contributed by atoms with Crippen LogP contribution in [0.2, 0.25) is 0 Å². The highest BCUT2D eigenvalue weighted by Crippen LogP contribution is 2.27. The number of hydrogen-bond acceptors (Lipinski definition) is 9. The van der Waals surface area contributed by atoms with Gasteiger partial charge in [-0.1, -0.05) is 23.4 Å². The summed E-state index contributed by atoms with van der Waals surface area (Å²) in [5.74, 6) is 1.43. The van der Waals surface area contributed by atoms with E-state index in [1.165, 1.54) is 6.92 Å². The molecule has 1 saturated heterocycles. The van der Waals surface area contributed by atoms with E-state index in [-0.39, 0.29) is 29.4 Å². The smallest absolute Gasteiger partial charge is 0.240 e. The van der Waals surface area contributed by atoms with Crippen molar-refractivity contribution in [2.75, 3.05) is 30.8 Å². The maximum Gasteiger partial charge on any atom is 0.240 e. The van der Waals surface area contributed by atoms with E-state index in [4.69, 9.17) is 10.3 Å². The summed E-state index contributed by atoms with van der Waals surface area (Å²) in [7, 11) is 1.83. The molecule has 0 spiro atoms. The van der Waals surface area contributed by atoms with Crippen LogP contribution in [0.1, 0.15) is 18.7 Å². The molecule has 138 valence electrons. The molecule has 0 atom stereocenters. The third-order valence-electron chi connectivity index (χ3n) is 4.40. The molecule has 2 N–H and O–H groups in total. The van der Waals surface area contributed by atoms with E-state index in [0.29, 0.717) is 24.9 Å². The Labute approximate surface area is 155 Å². The Morgan fingerprint density at radius 1 is 1.15 bits per heavy atom. The Morgan fingerprint density at radius 3 is 2.59 bits per heavy atom. The molecular formula is C17H18N8O2. The monoisotopic (exact) mass is 366 g/mol. The minimum Gasteiger partial charge on any atom is -0.368 e. The summed E-state index contributed by atoms with van der Waals surface area (Å²) in [6.07, 6.45) is 0. The average molecular weight is 366 g/mol. The number of carbonyl (C=O) groups excluding carboxylic acids is 1. The van der Waals surface area contributed by atoms with Gasteiger partial charge in [0.15, 0.2) is 0 Å². The molecule has 0 radical (unpaired) electrons. The Morgan fingerprint density at radius 2 is 1.89 bits per heavy atom. The largest absolute Gasteiger partial charge is 0.368 e. The van der Waals surface area contributed by atoms with Crippen LogP contribution in [-0.4, -0.2) is 56.0 Å². The second kappa shape index (κ2) is 6.63. The topological polar surface area (TPSA) is 127 Å². The number of carbonyl (C=O) groups is 1. The van der Waals surface area contributed by atoms with Crippen molar-refractivity contribution in [3.63, 3.8) is 0 Å². The molecule has 0 saturated carbocycles. The molecule has 1 aliphatic rings. The number of para-hydroxylation sites is 1. The second-order valence-electron chi connectivity index (χ2n) is 6.29. The summed E-state index contributed by atoms with van der Waals surface area (Å²) in [6.45, 7) is 2.67. The van der Waals surface area contributed by atoms with Gasteiger partial charge in [-0.25, -0.2) is 0 Å². The standard InChI is InChI=1S/C17H18N8O2/c1-10(26)25-8-11(9-25)15-19-14(23-27-15)13-20-16(18)22-17(21-13)24(2)12-6-4-3-5-7-12/h3-7,11H,8-9H2,1-2H3,(H2,18,20,21,22). The van der Waals surface area contributed by atoms with Gasteiger partial charge in [-0.3, -0.25) is 4.79 Å². The first kappa shape index (κ1) is 16.9. The molecule has 27 heavy (non-hydrogen) atoms. The molecule has 10 heteroatoms. The molecule has 10 nitrogen and oxygen atoms in total. The van der Waals surface area contributed by atoms with Crippen LogP contribution in [0.5, 0.6) is 0 Å². The lowest BCUT2D eigenvalue weighted by Gasteiger charge is -2.36. The predicted octanol–water partition coefficient (Wildman–Crippen LogP) is 1.22. The Balaban J connectivity index is 1.58. The lowest BCUT2D eigenvalue weighted by molar-refractivity contribution is -0.133. The van der Waals surface area contributed by atoms with Crippen LogP contribution in [0, 0.1) is 0 Å². The van der Waals surface area contributed by atoms with Gasteiger partial charge in [0.1, 0.15) is 0 Å². The molecule has 1 aromatic carbocycles. The van der Waals surface area contributed by atoms with Crippen LogP contribution in [0.3, 0.4) is 0 Å². The predicted molar refractivity (Wildman–Crippen MR) is 97.0 cm³/mol. The van der Waals surface area contributed by atoms with Crippen molar-refractivity contribution in [1.29, 1.82) is 0 Å². The fourth-order valence-electron chi connectivity index (χ4n) is 2.78. The number of benzene rings is 1. The first-order valence-electron chi connectivity index (χ1n) is 8.41. The molecule has 1 aliphatic heterocycles. The molecule has 1 fully saturated rings. The molecule has 3 aromatic rings. The van der Waals surface area contributed by atoms with E-state index in [1.807, 2.05) is 37.4 Å². The van der Waals surface area contributed by atoms with Crippen molar-refractivity contribution in [3.8, 4) is 11.6 Å². The van der Waals surface area contributed by atoms with Crippen molar-refractivity contribution in [3.05, 3.63) is 36.2 Å². The lowest BCUT2D eigenvalue weighted by atomic mass is 10.0. The van der Waals surface area contributed by atoms with Gasteiger partial charge in [-0.2, -0.15) is 19.9 Å². The normalized spacial score (nSPS) is 14.1. The molecule has 0 bridgehead atoms. The third kappa shape index (κ3) is 3.28. The minimum absolute atomic E-state index is 0.0285. The van der Waals surface area contributed by atoms with Crippen LogP contribution < -0.4 is 10.6 Å². The fourth-order valence-corrected chi connectivity index (χ4v) is 2.78. The first-order chi connectivity index (χ1) is 13.0. The van der Waals surface area contributed by atoms with Crippen molar-refractivity contribution in [2.24, 2.45) is 0 Å². The number of likely N-dealkylation sites (tertiary alicyclic amines) is 1. The maximum absolute atomic E-state index is 11.3. The zero-order valence-corrected chi connectivity index (χ0v) is 14.9. The minimum atomic E-state index is 0.0285. The van der Waals surface area contributed by atoms with Gasteiger partial charge in [0.25, 0.3) is 0 Å². The highest BCUT2D eigenvalue weighted by atomic mass is 16.5. The fraction of sp³-hybridized carbons (Fsp3) is 0.294. The summed E-state index contributed by atoms with van der Waals surface area (Å²) in [4.78, 5) is 31.9. The van der Waals surface area contributed by atoms with Gasteiger partial charge < -0.3 is 20.1 Å². The summed E-state index contributed by atoms with van der Waals surface area (Å²) >= 11 is 0. The van der Waals surface area contributed by atoms with Crippen molar-refractivity contribution in [2.45, 2.75) is 12.8 Å². The molecular weight excluding hydrogens is 348 g/mol. The molecule has 0 aliphatic carbocycles. The number of aromatic nitrogens is 5. The zero-order valence-electron chi connectivity index (χ0n) is 14.9. The highest BCUT2D eigenvalue weighted by molar-refractivity contribution is 5.74. The zero-order chi connectivity index (χ0) is 19.0. The second-order valence-corrected chi connectivity index (χ2v) is 6.29. The van der Waals surface area contributed by atoms with Gasteiger partial charge in [-0.05, 0) is 12.1 Å². The Kier molecular flexibility index (Phi) is 4.15. The van der Waals surface area contributed by atoms with Crippen molar-refractivity contribution >= 4 is 23.5 Å². The molecule has 3 heterocycles. The van der Waals surface area contributed by atoms with Gasteiger partial charge in [0.05, 0.1) is 5.92 Å². The summed E-state index contributed by atoms with van der Waals surface area (Å²) in [5, 5.41) is 3.96. The first-order valence-corrected chi connectivity index (χ1v) is 8.41. The number of nitrogen functional groups attached to an aromatic ring is 1. The van der Waals surface area contributed by atoms with Gasteiger partial charge >= 0.3 is 0 Å². The third-order valence-corrected chi connectivity index (χ3v) is 4.40. The summed E-state index contributed by atoms with van der Waals surface area (Å²) < 4.78 is 5.32. The van der Waals surface area contributed by atoms with E-state index in [1.54, 1.807) is 9.80 Å². The summed E-state index contributed by atoms with van der Waals surface area (Å²) in [5.41, 5.74) is 6.75. The molecule has 0 unspecified atom stereocenters. The Hall–Kier alpha value is -3.56. The van der Waals surface area contributed by atoms with Crippen molar-refractivity contribution < 1.29 is 9.32 Å². The van der Waals surface area contributed by atoms with Gasteiger partial charge in [-0.15, -0.1) is 0 Å². The van der Waals surface area contributed by atoms with Gasteiger partial charge in [0.2, 0.25) is 35.3 Å². The van der Waals surface area contributed by atoms with Crippen LogP contribution >= 0.6 is 0 Å². The number of anilines is 3. The Bertz CT molecular complexity index is 968. The van der Waals surface area contributed by atoms with E-state index < -0.39 is 0 Å². The molecule has 2 aromatic heterocycles. The van der Waals surface area contributed by atoms with E-state index >= 15 is 0 Å². The van der Waals surface area contributed by atoms with E-state index in [9.17, 15) is 4.79 Å². The van der Waals surface area contributed by atoms with Crippen molar-refractivity contribution in [1.82, 2.24) is 30.0 Å². The SMILES string of the molecule is CC(=O)N1CC(c2nc(-c3nc(N)nc(N(C)c4ccccc4)n3)no2)C1. The van der Waals surface area contributed by atoms with E-state index in [2.05, 4.69) is 25.1 Å². The van der Waals surface area contributed by atoms with Gasteiger partial charge in [0, 0.05) is 32.7 Å².